The van der Waals surface area contributed by atoms with Gasteiger partial charge in [-0.3, -0.25) is 4.79 Å². The van der Waals surface area contributed by atoms with Gasteiger partial charge in [-0.15, -0.1) is 0 Å². The van der Waals surface area contributed by atoms with Crippen molar-refractivity contribution in [3.05, 3.63) is 36.2 Å². The zero-order valence-corrected chi connectivity index (χ0v) is 9.30. The zero-order valence-electron chi connectivity index (χ0n) is 9.30. The molecule has 0 saturated carbocycles. The van der Waals surface area contributed by atoms with Gasteiger partial charge in [0, 0.05) is 18.8 Å². The Labute approximate surface area is 98.0 Å². The molecule has 0 atom stereocenters. The molecule has 0 aliphatic carbocycles. The first kappa shape index (κ1) is 11.1. The summed E-state index contributed by atoms with van der Waals surface area (Å²) < 4.78 is 4.61. The molecule has 2 heterocycles. The number of anilines is 2. The van der Waals surface area contributed by atoms with Crippen LogP contribution in [0.25, 0.3) is 0 Å². The highest BCUT2D eigenvalue weighted by Gasteiger charge is 2.07. The molecule has 2 N–H and O–H groups in total. The molecule has 0 fully saturated rings. The topological polar surface area (TPSA) is 80.0 Å². The largest absolute Gasteiger partial charge is 0.370 e. The van der Waals surface area contributed by atoms with Crippen molar-refractivity contribution < 1.29 is 9.32 Å². The van der Waals surface area contributed by atoms with Crippen LogP contribution in [0, 0.1) is 0 Å². The summed E-state index contributed by atoms with van der Waals surface area (Å²) in [6.45, 7) is 2.77. The van der Waals surface area contributed by atoms with Crippen LogP contribution >= 0.6 is 0 Å². The summed E-state index contributed by atoms with van der Waals surface area (Å²) in [7, 11) is 0. The Hall–Kier alpha value is -2.37. The van der Waals surface area contributed by atoms with E-state index < -0.39 is 0 Å². The number of aromatic nitrogens is 2. The first-order valence-corrected chi connectivity index (χ1v) is 5.21. The molecule has 2 rings (SSSR count). The maximum atomic E-state index is 11.7. The maximum Gasteiger partial charge on any atom is 0.258 e. The molecule has 0 unspecified atom stereocenters. The highest BCUT2D eigenvalue weighted by molar-refractivity contribution is 6.03. The number of carbonyl (C=O) groups is 1. The predicted molar refractivity (Wildman–Crippen MR) is 62.9 cm³/mol. The van der Waals surface area contributed by atoms with Crippen LogP contribution in [-0.4, -0.2) is 22.6 Å². The molecule has 2 aromatic heterocycles. The lowest BCUT2D eigenvalue weighted by molar-refractivity contribution is 0.102. The fraction of sp³-hybridized carbons (Fsp3) is 0.182. The van der Waals surface area contributed by atoms with Crippen LogP contribution in [0.2, 0.25) is 0 Å². The molecule has 0 radical (unpaired) electrons. The van der Waals surface area contributed by atoms with Crippen LogP contribution in [-0.2, 0) is 0 Å². The van der Waals surface area contributed by atoms with Crippen molar-refractivity contribution in [2.45, 2.75) is 6.92 Å². The van der Waals surface area contributed by atoms with Gasteiger partial charge in [0.05, 0.1) is 5.56 Å². The normalized spacial score (nSPS) is 9.94. The third kappa shape index (κ3) is 2.81. The molecule has 88 valence electrons. The molecule has 0 bridgehead atoms. The molecule has 17 heavy (non-hydrogen) atoms. The molecular weight excluding hydrogens is 220 g/mol. The Morgan fingerprint density at radius 1 is 1.35 bits per heavy atom. The second kappa shape index (κ2) is 5.11. The van der Waals surface area contributed by atoms with E-state index in [9.17, 15) is 4.79 Å². The van der Waals surface area contributed by atoms with Crippen LogP contribution in [0.1, 0.15) is 17.3 Å². The van der Waals surface area contributed by atoms with Gasteiger partial charge < -0.3 is 15.2 Å². The van der Waals surface area contributed by atoms with Crippen LogP contribution in [0.4, 0.5) is 11.6 Å². The van der Waals surface area contributed by atoms with Crippen LogP contribution in [0.5, 0.6) is 0 Å². The number of rotatable bonds is 4. The Bertz CT molecular complexity index is 479. The van der Waals surface area contributed by atoms with E-state index in [2.05, 4.69) is 25.3 Å². The lowest BCUT2D eigenvalue weighted by Crippen LogP contribution is -2.12. The van der Waals surface area contributed by atoms with Gasteiger partial charge in [-0.1, -0.05) is 5.16 Å². The van der Waals surface area contributed by atoms with E-state index >= 15 is 0 Å². The fourth-order valence-corrected chi connectivity index (χ4v) is 1.28. The van der Waals surface area contributed by atoms with Gasteiger partial charge in [-0.05, 0) is 19.1 Å². The number of pyridine rings is 1. The third-order valence-corrected chi connectivity index (χ3v) is 2.06. The number of hydrogen-bond acceptors (Lipinski definition) is 5. The second-order valence-corrected chi connectivity index (χ2v) is 3.30. The first-order valence-electron chi connectivity index (χ1n) is 5.21. The fourth-order valence-electron chi connectivity index (χ4n) is 1.28. The monoisotopic (exact) mass is 232 g/mol. The van der Waals surface area contributed by atoms with E-state index in [0.717, 1.165) is 12.4 Å². The summed E-state index contributed by atoms with van der Waals surface area (Å²) in [6.07, 6.45) is 2.90. The smallest absolute Gasteiger partial charge is 0.258 e. The van der Waals surface area contributed by atoms with Gasteiger partial charge in [-0.25, -0.2) is 4.98 Å². The summed E-state index contributed by atoms with van der Waals surface area (Å²) in [5.74, 6) is 0.852. The molecule has 0 aliphatic heterocycles. The number of nitrogens with zero attached hydrogens (tertiary/aromatic N) is 2. The highest BCUT2D eigenvalue weighted by Crippen LogP contribution is 2.08. The molecule has 0 aliphatic rings. The average molecular weight is 232 g/mol. The Balaban J connectivity index is 2.04. The lowest BCUT2D eigenvalue weighted by atomic mass is 10.2. The Kier molecular flexibility index (Phi) is 3.34. The number of carbonyl (C=O) groups excluding carboxylic acids is 1. The second-order valence-electron chi connectivity index (χ2n) is 3.30. The van der Waals surface area contributed by atoms with Crippen molar-refractivity contribution in [1.29, 1.82) is 0 Å². The van der Waals surface area contributed by atoms with Crippen molar-refractivity contribution in [1.82, 2.24) is 10.1 Å². The molecule has 2 aromatic rings. The minimum atomic E-state index is -0.269. The van der Waals surface area contributed by atoms with E-state index in [4.69, 9.17) is 0 Å². The molecule has 0 aromatic carbocycles. The number of hydrogen-bond donors (Lipinski definition) is 2. The van der Waals surface area contributed by atoms with Gasteiger partial charge in [0.25, 0.3) is 5.91 Å². The van der Waals surface area contributed by atoms with Gasteiger partial charge >= 0.3 is 0 Å². The predicted octanol–water partition coefficient (Wildman–Crippen LogP) is 1.75. The molecule has 0 spiro atoms. The van der Waals surface area contributed by atoms with Crippen molar-refractivity contribution in [3.63, 3.8) is 0 Å². The summed E-state index contributed by atoms with van der Waals surface area (Å²) in [5.41, 5.74) is 0.467. The van der Waals surface area contributed by atoms with Crippen molar-refractivity contribution in [2.75, 3.05) is 17.2 Å². The number of nitrogens with one attached hydrogen (secondary N) is 2. The lowest BCUT2D eigenvalue weighted by Gasteiger charge is -2.03. The van der Waals surface area contributed by atoms with Crippen LogP contribution in [0.3, 0.4) is 0 Å². The number of amides is 1. The summed E-state index contributed by atoms with van der Waals surface area (Å²) in [4.78, 5) is 15.8. The quantitative estimate of drug-likeness (QED) is 0.839. The van der Waals surface area contributed by atoms with Gasteiger partial charge in [0.15, 0.2) is 5.82 Å². The third-order valence-electron chi connectivity index (χ3n) is 2.06. The Morgan fingerprint density at radius 2 is 2.24 bits per heavy atom. The van der Waals surface area contributed by atoms with Crippen molar-refractivity contribution >= 4 is 17.5 Å². The average Bonchev–Trinajstić information content (AvgIpc) is 2.83. The Morgan fingerprint density at radius 3 is 2.82 bits per heavy atom. The highest BCUT2D eigenvalue weighted by atomic mass is 16.5. The van der Waals surface area contributed by atoms with Crippen molar-refractivity contribution in [3.8, 4) is 0 Å². The molecule has 6 nitrogen and oxygen atoms in total. The van der Waals surface area contributed by atoms with E-state index in [1.54, 1.807) is 18.2 Å². The zero-order chi connectivity index (χ0) is 12.1. The van der Waals surface area contributed by atoms with Gasteiger partial charge in [0.2, 0.25) is 0 Å². The van der Waals surface area contributed by atoms with E-state index in [1.165, 1.54) is 12.5 Å². The summed E-state index contributed by atoms with van der Waals surface area (Å²) in [6, 6.07) is 5.01. The van der Waals surface area contributed by atoms with Gasteiger partial charge in [0.1, 0.15) is 12.1 Å². The first-order chi connectivity index (χ1) is 8.29. The summed E-state index contributed by atoms with van der Waals surface area (Å²) in [5, 5.41) is 9.22. The summed E-state index contributed by atoms with van der Waals surface area (Å²) >= 11 is 0. The van der Waals surface area contributed by atoms with E-state index in [-0.39, 0.29) is 5.91 Å². The van der Waals surface area contributed by atoms with Gasteiger partial charge in [-0.2, -0.15) is 0 Å². The molecule has 0 saturated heterocycles. The molecule has 6 heteroatoms. The minimum absolute atomic E-state index is 0.269. The van der Waals surface area contributed by atoms with Crippen LogP contribution in [0.15, 0.2) is 35.2 Å². The van der Waals surface area contributed by atoms with E-state index in [1.807, 2.05) is 6.92 Å². The molecule has 1 amide bonds. The SMILES string of the molecule is CCNc1ccc(C(=O)Nc2ccon2)cn1. The van der Waals surface area contributed by atoms with E-state index in [0.29, 0.717) is 11.4 Å². The van der Waals surface area contributed by atoms with Crippen LogP contribution < -0.4 is 10.6 Å². The molecular formula is C11H12N4O2. The minimum Gasteiger partial charge on any atom is -0.370 e. The maximum absolute atomic E-state index is 11.7. The van der Waals surface area contributed by atoms with Crippen molar-refractivity contribution in [2.24, 2.45) is 0 Å². The standard InChI is InChI=1S/C11H12N4O2/c1-2-12-9-4-3-8(7-13-9)11(16)14-10-5-6-17-15-10/h3-7H,2H2,1H3,(H,12,13)(H,14,15,16).